The highest BCUT2D eigenvalue weighted by Gasteiger charge is 2.31. The molecule has 1 nitrogen and oxygen atoms in total. The molecule has 1 aromatic carbocycles. The zero-order valence-electron chi connectivity index (χ0n) is 8.76. The quantitative estimate of drug-likeness (QED) is 0.810. The van der Waals surface area contributed by atoms with Crippen LogP contribution >= 0.6 is 0 Å². The summed E-state index contributed by atoms with van der Waals surface area (Å²) in [6.07, 6.45) is 1.82. The molecule has 0 heterocycles. The van der Waals surface area contributed by atoms with E-state index in [1.54, 1.807) is 0 Å². The van der Waals surface area contributed by atoms with E-state index in [1.807, 2.05) is 0 Å². The van der Waals surface area contributed by atoms with E-state index in [-0.39, 0.29) is 17.6 Å². The molecule has 1 aliphatic rings. The first-order chi connectivity index (χ1) is 7.20. The van der Waals surface area contributed by atoms with Crippen LogP contribution in [-0.2, 0) is 0 Å². The molecule has 0 saturated heterocycles. The van der Waals surface area contributed by atoms with Crippen LogP contribution in [0.25, 0.3) is 0 Å². The fourth-order valence-corrected chi connectivity index (χ4v) is 2.15. The van der Waals surface area contributed by atoms with E-state index >= 15 is 0 Å². The van der Waals surface area contributed by atoms with Gasteiger partial charge in [-0.1, -0.05) is 6.92 Å². The van der Waals surface area contributed by atoms with Gasteiger partial charge in [0.15, 0.2) is 0 Å². The van der Waals surface area contributed by atoms with E-state index in [9.17, 15) is 8.78 Å². The van der Waals surface area contributed by atoms with Gasteiger partial charge in [-0.3, -0.25) is 0 Å². The summed E-state index contributed by atoms with van der Waals surface area (Å²) < 4.78 is 26.3. The third-order valence-corrected chi connectivity index (χ3v) is 3.03. The Kier molecular flexibility index (Phi) is 3.00. The van der Waals surface area contributed by atoms with Crippen molar-refractivity contribution in [1.82, 2.24) is 5.32 Å². The molecule has 0 radical (unpaired) electrons. The highest BCUT2D eigenvalue weighted by Crippen LogP contribution is 2.38. The molecule has 3 heteroatoms. The van der Waals surface area contributed by atoms with Crippen LogP contribution in [0, 0.1) is 11.6 Å². The predicted octanol–water partition coefficient (Wildman–Crippen LogP) is 2.82. The van der Waals surface area contributed by atoms with Crippen molar-refractivity contribution in [3.05, 3.63) is 35.4 Å². The Morgan fingerprint density at radius 3 is 2.73 bits per heavy atom. The summed E-state index contributed by atoms with van der Waals surface area (Å²) in [5.41, 5.74) is 0.532. The number of benzene rings is 1. The molecule has 82 valence electrons. The molecule has 0 aliphatic heterocycles. The predicted molar refractivity (Wildman–Crippen MR) is 55.8 cm³/mol. The summed E-state index contributed by atoms with van der Waals surface area (Å²) in [6.45, 7) is 2.99. The largest absolute Gasteiger partial charge is 0.314 e. The van der Waals surface area contributed by atoms with Crippen molar-refractivity contribution in [3.63, 3.8) is 0 Å². The van der Waals surface area contributed by atoms with Gasteiger partial charge in [-0.25, -0.2) is 8.78 Å². The number of rotatable bonds is 3. The minimum Gasteiger partial charge on any atom is -0.314 e. The highest BCUT2D eigenvalue weighted by atomic mass is 19.1. The Morgan fingerprint density at radius 2 is 2.07 bits per heavy atom. The van der Waals surface area contributed by atoms with E-state index in [0.717, 1.165) is 19.4 Å². The molecule has 0 atom stereocenters. The van der Waals surface area contributed by atoms with Gasteiger partial charge >= 0.3 is 0 Å². The number of hydrogen-bond acceptors (Lipinski definition) is 1. The van der Waals surface area contributed by atoms with Gasteiger partial charge in [-0.15, -0.1) is 0 Å². The Balaban J connectivity index is 2.03. The maximum atomic E-state index is 13.4. The Morgan fingerprint density at radius 1 is 1.33 bits per heavy atom. The van der Waals surface area contributed by atoms with E-state index < -0.39 is 0 Å². The van der Waals surface area contributed by atoms with Gasteiger partial charge in [0.25, 0.3) is 0 Å². The molecule has 0 unspecified atom stereocenters. The van der Waals surface area contributed by atoms with Crippen LogP contribution in [0.1, 0.15) is 31.2 Å². The van der Waals surface area contributed by atoms with Crippen molar-refractivity contribution in [2.75, 3.05) is 6.54 Å². The smallest absolute Gasteiger partial charge is 0.126 e. The van der Waals surface area contributed by atoms with Crippen LogP contribution in [0.4, 0.5) is 8.78 Å². The topological polar surface area (TPSA) is 12.0 Å². The molecule has 1 saturated carbocycles. The van der Waals surface area contributed by atoms with E-state index in [1.165, 1.54) is 18.2 Å². The molecule has 0 spiro atoms. The van der Waals surface area contributed by atoms with Gasteiger partial charge in [0.1, 0.15) is 11.6 Å². The van der Waals surface area contributed by atoms with Crippen LogP contribution in [0.2, 0.25) is 0 Å². The van der Waals surface area contributed by atoms with Crippen molar-refractivity contribution >= 4 is 0 Å². The average Bonchev–Trinajstić information content (AvgIpc) is 2.15. The minimum absolute atomic E-state index is 0.185. The first-order valence-corrected chi connectivity index (χ1v) is 5.39. The lowest BCUT2D eigenvalue weighted by Gasteiger charge is -2.36. The lowest BCUT2D eigenvalue weighted by atomic mass is 9.75. The monoisotopic (exact) mass is 211 g/mol. The molecule has 0 aromatic heterocycles. The number of nitrogens with one attached hydrogen (secondary N) is 1. The molecule has 1 N–H and O–H groups in total. The summed E-state index contributed by atoms with van der Waals surface area (Å²) in [4.78, 5) is 0. The minimum atomic E-state index is -0.349. The van der Waals surface area contributed by atoms with Gasteiger partial charge in [-0.05, 0) is 49.1 Å². The van der Waals surface area contributed by atoms with Crippen LogP contribution in [-0.4, -0.2) is 12.6 Å². The average molecular weight is 211 g/mol. The van der Waals surface area contributed by atoms with Crippen LogP contribution < -0.4 is 5.32 Å². The number of halogens is 2. The Bertz CT molecular complexity index is 345. The SMILES string of the molecule is CCNC1CC(c2cc(F)ccc2F)C1. The molecule has 15 heavy (non-hydrogen) atoms. The fourth-order valence-electron chi connectivity index (χ4n) is 2.15. The first kappa shape index (κ1) is 10.6. The van der Waals surface area contributed by atoms with Gasteiger partial charge in [-0.2, -0.15) is 0 Å². The third kappa shape index (κ3) is 2.17. The molecule has 2 rings (SSSR count). The molecule has 1 aromatic rings. The standard InChI is InChI=1S/C12H15F2N/c1-2-15-10-5-8(6-10)11-7-9(13)3-4-12(11)14/h3-4,7-8,10,15H,2,5-6H2,1H3. The molecular formula is C12H15F2N. The summed E-state index contributed by atoms with van der Waals surface area (Å²) >= 11 is 0. The molecule has 1 aliphatic carbocycles. The second kappa shape index (κ2) is 4.27. The molecular weight excluding hydrogens is 196 g/mol. The van der Waals surface area contributed by atoms with Gasteiger partial charge in [0.2, 0.25) is 0 Å². The summed E-state index contributed by atoms with van der Waals surface area (Å²) in [7, 11) is 0. The number of hydrogen-bond donors (Lipinski definition) is 1. The molecule has 0 bridgehead atoms. The van der Waals surface area contributed by atoms with Gasteiger partial charge < -0.3 is 5.32 Å². The Hall–Kier alpha value is -0.960. The third-order valence-electron chi connectivity index (χ3n) is 3.03. The van der Waals surface area contributed by atoms with Gasteiger partial charge in [0.05, 0.1) is 0 Å². The maximum absolute atomic E-state index is 13.4. The first-order valence-electron chi connectivity index (χ1n) is 5.39. The summed E-state index contributed by atoms with van der Waals surface area (Å²) in [5, 5.41) is 3.30. The lowest BCUT2D eigenvalue weighted by molar-refractivity contribution is 0.289. The highest BCUT2D eigenvalue weighted by molar-refractivity contribution is 5.25. The Labute approximate surface area is 88.5 Å². The van der Waals surface area contributed by atoms with Crippen molar-refractivity contribution < 1.29 is 8.78 Å². The van der Waals surface area contributed by atoms with E-state index in [4.69, 9.17) is 0 Å². The normalized spacial score (nSPS) is 25.0. The van der Waals surface area contributed by atoms with Gasteiger partial charge in [0, 0.05) is 6.04 Å². The van der Waals surface area contributed by atoms with Crippen molar-refractivity contribution in [1.29, 1.82) is 0 Å². The molecule has 0 amide bonds. The van der Waals surface area contributed by atoms with Crippen molar-refractivity contribution in [2.24, 2.45) is 0 Å². The zero-order chi connectivity index (χ0) is 10.8. The van der Waals surface area contributed by atoms with E-state index in [2.05, 4.69) is 12.2 Å². The van der Waals surface area contributed by atoms with Crippen molar-refractivity contribution in [3.8, 4) is 0 Å². The van der Waals surface area contributed by atoms with Crippen LogP contribution in [0.5, 0.6) is 0 Å². The van der Waals surface area contributed by atoms with E-state index in [0.29, 0.717) is 11.6 Å². The lowest BCUT2D eigenvalue weighted by Crippen LogP contribution is -2.40. The van der Waals surface area contributed by atoms with Crippen molar-refractivity contribution in [2.45, 2.75) is 31.7 Å². The fraction of sp³-hybridized carbons (Fsp3) is 0.500. The second-order valence-corrected chi connectivity index (χ2v) is 4.09. The zero-order valence-corrected chi connectivity index (χ0v) is 8.76. The second-order valence-electron chi connectivity index (χ2n) is 4.09. The summed E-state index contributed by atoms with van der Waals surface area (Å²) in [5.74, 6) is -0.445. The summed E-state index contributed by atoms with van der Waals surface area (Å²) in [6, 6.07) is 4.18. The maximum Gasteiger partial charge on any atom is 0.126 e. The molecule has 1 fully saturated rings. The van der Waals surface area contributed by atoms with Crippen LogP contribution in [0.15, 0.2) is 18.2 Å². The van der Waals surface area contributed by atoms with Crippen LogP contribution in [0.3, 0.4) is 0 Å².